The van der Waals surface area contributed by atoms with Gasteiger partial charge >= 0.3 is 0 Å². The smallest absolute Gasteiger partial charge is 0.254 e. The van der Waals surface area contributed by atoms with Crippen LogP contribution in [0, 0.1) is 6.92 Å². The van der Waals surface area contributed by atoms with Gasteiger partial charge in [0.05, 0.1) is 0 Å². The lowest BCUT2D eigenvalue weighted by atomic mass is 10.1. The van der Waals surface area contributed by atoms with Gasteiger partial charge in [-0.15, -0.1) is 6.58 Å². The molecule has 0 saturated carbocycles. The average Bonchev–Trinajstić information content (AvgIpc) is 2.32. The maximum absolute atomic E-state index is 12.5. The fourth-order valence-corrected chi connectivity index (χ4v) is 2.27. The van der Waals surface area contributed by atoms with E-state index in [0.29, 0.717) is 17.8 Å². The van der Waals surface area contributed by atoms with Crippen LogP contribution >= 0.6 is 15.9 Å². The first-order chi connectivity index (χ1) is 8.51. The molecule has 0 saturated heterocycles. The van der Waals surface area contributed by atoms with Crippen molar-refractivity contribution >= 4 is 27.5 Å². The summed E-state index contributed by atoms with van der Waals surface area (Å²) in [6.07, 6.45) is 2.66. The molecule has 1 aromatic rings. The van der Waals surface area contributed by atoms with Crippen LogP contribution < -0.4 is 5.73 Å². The summed E-state index contributed by atoms with van der Waals surface area (Å²) in [6, 6.07) is 3.63. The van der Waals surface area contributed by atoms with Crippen LogP contribution in [0.5, 0.6) is 0 Å². The number of benzene rings is 1. The van der Waals surface area contributed by atoms with Crippen molar-refractivity contribution in [1.82, 2.24) is 4.90 Å². The largest absolute Gasteiger partial charge is 0.398 e. The van der Waals surface area contributed by atoms with Crippen molar-refractivity contribution in [2.24, 2.45) is 0 Å². The highest BCUT2D eigenvalue weighted by Crippen LogP contribution is 2.24. The minimum atomic E-state index is 0.00208. The summed E-state index contributed by atoms with van der Waals surface area (Å²) in [5, 5.41) is 0. The van der Waals surface area contributed by atoms with Gasteiger partial charge in [0.15, 0.2) is 0 Å². The minimum absolute atomic E-state index is 0.00208. The molecule has 0 radical (unpaired) electrons. The molecule has 4 heteroatoms. The monoisotopic (exact) mass is 310 g/mol. The summed E-state index contributed by atoms with van der Waals surface area (Å²) in [4.78, 5) is 14.2. The summed E-state index contributed by atoms with van der Waals surface area (Å²) in [7, 11) is 0. The van der Waals surface area contributed by atoms with Crippen molar-refractivity contribution in [3.63, 3.8) is 0 Å². The summed E-state index contributed by atoms with van der Waals surface area (Å²) >= 11 is 3.37. The number of nitrogen functional groups attached to an aromatic ring is 1. The van der Waals surface area contributed by atoms with E-state index in [1.807, 2.05) is 26.0 Å². The fraction of sp³-hybridized carbons (Fsp3) is 0.357. The topological polar surface area (TPSA) is 46.3 Å². The number of nitrogens with two attached hydrogens (primary N) is 1. The quantitative estimate of drug-likeness (QED) is 0.669. The SMILES string of the molecule is C=CCN(CCC)C(=O)c1cc(Br)cc(N)c1C. The van der Waals surface area contributed by atoms with Gasteiger partial charge in [0.2, 0.25) is 0 Å². The number of nitrogens with zero attached hydrogens (tertiary/aromatic N) is 1. The van der Waals surface area contributed by atoms with Gasteiger partial charge < -0.3 is 10.6 Å². The second kappa shape index (κ2) is 6.59. The molecular weight excluding hydrogens is 292 g/mol. The van der Waals surface area contributed by atoms with Crippen molar-refractivity contribution in [1.29, 1.82) is 0 Å². The van der Waals surface area contributed by atoms with Gasteiger partial charge in [-0.05, 0) is 31.0 Å². The van der Waals surface area contributed by atoms with Crippen molar-refractivity contribution in [2.45, 2.75) is 20.3 Å². The molecule has 0 bridgehead atoms. The van der Waals surface area contributed by atoms with Gasteiger partial charge in [-0.2, -0.15) is 0 Å². The van der Waals surface area contributed by atoms with Crippen LogP contribution in [0.4, 0.5) is 5.69 Å². The van der Waals surface area contributed by atoms with E-state index >= 15 is 0 Å². The molecule has 3 nitrogen and oxygen atoms in total. The minimum Gasteiger partial charge on any atom is -0.398 e. The molecule has 0 spiro atoms. The Balaban J connectivity index is 3.11. The Kier molecular flexibility index (Phi) is 5.41. The molecule has 0 atom stereocenters. The maximum atomic E-state index is 12.5. The molecule has 0 aliphatic carbocycles. The Morgan fingerprint density at radius 1 is 1.56 bits per heavy atom. The maximum Gasteiger partial charge on any atom is 0.254 e. The number of rotatable bonds is 5. The molecule has 0 heterocycles. The number of anilines is 1. The number of carbonyl (C=O) groups is 1. The predicted octanol–water partition coefficient (Wildman–Crippen LogP) is 3.38. The highest BCUT2D eigenvalue weighted by molar-refractivity contribution is 9.10. The molecule has 0 aromatic heterocycles. The van der Waals surface area contributed by atoms with E-state index < -0.39 is 0 Å². The van der Waals surface area contributed by atoms with Gasteiger partial charge in [-0.3, -0.25) is 4.79 Å². The predicted molar refractivity (Wildman–Crippen MR) is 79.7 cm³/mol. The normalized spacial score (nSPS) is 10.2. The van der Waals surface area contributed by atoms with Gasteiger partial charge in [-0.1, -0.05) is 28.9 Å². The first-order valence-electron chi connectivity index (χ1n) is 5.97. The third-order valence-electron chi connectivity index (χ3n) is 2.77. The Bertz CT molecular complexity index is 457. The molecule has 1 aromatic carbocycles. The molecule has 98 valence electrons. The van der Waals surface area contributed by atoms with Crippen LogP contribution in [0.15, 0.2) is 29.3 Å². The molecule has 0 aliphatic heterocycles. The van der Waals surface area contributed by atoms with Gasteiger partial charge in [0.25, 0.3) is 5.91 Å². The highest BCUT2D eigenvalue weighted by Gasteiger charge is 2.17. The molecule has 2 N–H and O–H groups in total. The number of halogens is 1. The van der Waals surface area contributed by atoms with E-state index in [0.717, 1.165) is 23.0 Å². The molecule has 1 rings (SSSR count). The van der Waals surface area contributed by atoms with Crippen LogP contribution in [-0.2, 0) is 0 Å². The number of amides is 1. The standard InChI is InChI=1S/C14H19BrN2O/c1-4-6-17(7-5-2)14(18)12-8-11(15)9-13(16)10(12)3/h4,8-9H,1,5-7,16H2,2-3H3. The second-order valence-corrected chi connectivity index (χ2v) is 5.12. The van der Waals surface area contributed by atoms with Crippen LogP contribution in [0.25, 0.3) is 0 Å². The molecule has 0 fully saturated rings. The summed E-state index contributed by atoms with van der Waals surface area (Å²) in [5.41, 5.74) is 7.99. The van der Waals surface area contributed by atoms with Crippen molar-refractivity contribution in [3.8, 4) is 0 Å². The van der Waals surface area contributed by atoms with Crippen LogP contribution in [-0.4, -0.2) is 23.9 Å². The second-order valence-electron chi connectivity index (χ2n) is 4.21. The van der Waals surface area contributed by atoms with E-state index in [2.05, 4.69) is 22.5 Å². The van der Waals surface area contributed by atoms with E-state index in [9.17, 15) is 4.79 Å². The van der Waals surface area contributed by atoms with E-state index in [-0.39, 0.29) is 5.91 Å². The molecule has 18 heavy (non-hydrogen) atoms. The summed E-state index contributed by atoms with van der Waals surface area (Å²) in [6.45, 7) is 8.88. The molecular formula is C14H19BrN2O. The Morgan fingerprint density at radius 3 is 2.78 bits per heavy atom. The third kappa shape index (κ3) is 3.35. The lowest BCUT2D eigenvalue weighted by Gasteiger charge is -2.22. The van der Waals surface area contributed by atoms with Crippen molar-refractivity contribution in [2.75, 3.05) is 18.8 Å². The number of hydrogen-bond donors (Lipinski definition) is 1. The van der Waals surface area contributed by atoms with Gasteiger partial charge in [0, 0.05) is 28.8 Å². The highest BCUT2D eigenvalue weighted by atomic mass is 79.9. The Morgan fingerprint density at radius 2 is 2.22 bits per heavy atom. The summed E-state index contributed by atoms with van der Waals surface area (Å²) < 4.78 is 0.823. The van der Waals surface area contributed by atoms with Crippen LogP contribution in [0.2, 0.25) is 0 Å². The van der Waals surface area contributed by atoms with E-state index in [1.54, 1.807) is 11.0 Å². The molecule has 0 aliphatic rings. The fourth-order valence-electron chi connectivity index (χ4n) is 1.79. The number of carbonyl (C=O) groups excluding carboxylic acids is 1. The number of hydrogen-bond acceptors (Lipinski definition) is 2. The zero-order valence-corrected chi connectivity index (χ0v) is 12.5. The first kappa shape index (κ1) is 14.8. The zero-order chi connectivity index (χ0) is 13.7. The van der Waals surface area contributed by atoms with Gasteiger partial charge in [0.1, 0.15) is 0 Å². The zero-order valence-electron chi connectivity index (χ0n) is 10.9. The van der Waals surface area contributed by atoms with Crippen molar-refractivity contribution < 1.29 is 4.79 Å². The van der Waals surface area contributed by atoms with Crippen LogP contribution in [0.3, 0.4) is 0 Å². The lowest BCUT2D eigenvalue weighted by molar-refractivity contribution is 0.0773. The lowest BCUT2D eigenvalue weighted by Crippen LogP contribution is -2.32. The van der Waals surface area contributed by atoms with Crippen LogP contribution in [0.1, 0.15) is 29.3 Å². The molecule has 0 unspecified atom stereocenters. The third-order valence-corrected chi connectivity index (χ3v) is 3.23. The molecule has 1 amide bonds. The average molecular weight is 311 g/mol. The Hall–Kier alpha value is -1.29. The van der Waals surface area contributed by atoms with E-state index in [4.69, 9.17) is 5.73 Å². The van der Waals surface area contributed by atoms with Crippen molar-refractivity contribution in [3.05, 3.63) is 40.4 Å². The summed E-state index contributed by atoms with van der Waals surface area (Å²) in [5.74, 6) is 0.00208. The Labute approximate surface area is 117 Å². The first-order valence-corrected chi connectivity index (χ1v) is 6.76. The van der Waals surface area contributed by atoms with E-state index in [1.165, 1.54) is 0 Å². The van der Waals surface area contributed by atoms with Gasteiger partial charge in [-0.25, -0.2) is 0 Å².